The maximum Gasteiger partial charge on any atom is 0.134 e. The zero-order chi connectivity index (χ0) is 15.2. The number of hydrogen-bond donors (Lipinski definition) is 1. The predicted molar refractivity (Wildman–Crippen MR) is 90.7 cm³/mol. The molecule has 0 bridgehead atoms. The fraction of sp³-hybridized carbons (Fsp3) is 0.579. The lowest BCUT2D eigenvalue weighted by atomic mass is 10.0. The second-order valence-corrected chi connectivity index (χ2v) is 6.30. The summed E-state index contributed by atoms with van der Waals surface area (Å²) >= 11 is 0. The molecule has 2 aromatic rings. The van der Waals surface area contributed by atoms with Crippen LogP contribution in [0.3, 0.4) is 0 Å². The molecule has 1 unspecified atom stereocenters. The Hall–Kier alpha value is -1.28. The normalized spacial score (nSPS) is 13.2. The molecule has 0 fully saturated rings. The highest BCUT2D eigenvalue weighted by molar-refractivity contribution is 5.78. The number of hydrogen-bond acceptors (Lipinski definition) is 2. The Bertz CT molecular complexity index is 556. The van der Waals surface area contributed by atoms with Crippen LogP contribution in [0, 0.1) is 5.92 Å². The first-order valence-electron chi connectivity index (χ1n) is 8.41. The first kappa shape index (κ1) is 16.1. The van der Waals surface area contributed by atoms with Gasteiger partial charge in [-0.3, -0.25) is 0 Å². The van der Waals surface area contributed by atoms with E-state index in [1.54, 1.807) is 0 Å². The van der Waals surface area contributed by atoms with Crippen LogP contribution in [0.5, 0.6) is 0 Å². The summed E-state index contributed by atoms with van der Waals surface area (Å²) < 4.78 is 6.09. The van der Waals surface area contributed by atoms with Crippen molar-refractivity contribution in [2.45, 2.75) is 59.4 Å². The van der Waals surface area contributed by atoms with Crippen molar-refractivity contribution in [3.05, 3.63) is 35.6 Å². The van der Waals surface area contributed by atoms with Crippen molar-refractivity contribution in [1.29, 1.82) is 0 Å². The summed E-state index contributed by atoms with van der Waals surface area (Å²) in [5.41, 5.74) is 2.42. The molecular formula is C19H29NO. The Morgan fingerprint density at radius 1 is 1.10 bits per heavy atom. The molecule has 116 valence electrons. The topological polar surface area (TPSA) is 25.2 Å². The van der Waals surface area contributed by atoms with Gasteiger partial charge >= 0.3 is 0 Å². The minimum atomic E-state index is 0.302. The van der Waals surface area contributed by atoms with E-state index >= 15 is 0 Å². The van der Waals surface area contributed by atoms with Gasteiger partial charge in [-0.05, 0) is 55.5 Å². The van der Waals surface area contributed by atoms with Gasteiger partial charge in [-0.15, -0.1) is 0 Å². The molecule has 0 saturated carbocycles. The van der Waals surface area contributed by atoms with Crippen molar-refractivity contribution in [3.8, 4) is 0 Å². The highest BCUT2D eigenvalue weighted by Gasteiger charge is 2.19. The van der Waals surface area contributed by atoms with E-state index in [4.69, 9.17) is 4.42 Å². The third-order valence-corrected chi connectivity index (χ3v) is 4.01. The molecule has 2 nitrogen and oxygen atoms in total. The number of nitrogens with one attached hydrogen (secondary N) is 1. The molecule has 1 N–H and O–H groups in total. The molecule has 0 saturated heterocycles. The molecule has 2 rings (SSSR count). The van der Waals surface area contributed by atoms with Gasteiger partial charge in [0.1, 0.15) is 11.3 Å². The fourth-order valence-corrected chi connectivity index (χ4v) is 2.77. The maximum absolute atomic E-state index is 6.09. The SMILES string of the molecule is CCCCc1ccc2oc(C(NCCC)C(C)C)cc2c1. The van der Waals surface area contributed by atoms with E-state index in [9.17, 15) is 0 Å². The number of rotatable bonds is 8. The van der Waals surface area contributed by atoms with Gasteiger partial charge < -0.3 is 9.73 Å². The van der Waals surface area contributed by atoms with E-state index in [-0.39, 0.29) is 0 Å². The summed E-state index contributed by atoms with van der Waals surface area (Å²) in [6.07, 6.45) is 4.80. The summed E-state index contributed by atoms with van der Waals surface area (Å²) in [5.74, 6) is 1.60. The minimum absolute atomic E-state index is 0.302. The van der Waals surface area contributed by atoms with E-state index in [1.807, 2.05) is 0 Å². The van der Waals surface area contributed by atoms with Crippen LogP contribution in [0.25, 0.3) is 11.0 Å². The number of unbranched alkanes of at least 4 members (excludes halogenated alkanes) is 1. The van der Waals surface area contributed by atoms with Crippen molar-refractivity contribution in [3.63, 3.8) is 0 Å². The predicted octanol–water partition coefficient (Wildman–Crippen LogP) is 5.47. The molecule has 0 radical (unpaired) electrons. The van der Waals surface area contributed by atoms with Crippen LogP contribution >= 0.6 is 0 Å². The molecule has 2 heteroatoms. The van der Waals surface area contributed by atoms with Gasteiger partial charge in [0, 0.05) is 5.39 Å². The highest BCUT2D eigenvalue weighted by atomic mass is 16.3. The van der Waals surface area contributed by atoms with E-state index in [1.165, 1.54) is 23.8 Å². The summed E-state index contributed by atoms with van der Waals surface area (Å²) in [5, 5.41) is 4.84. The highest BCUT2D eigenvalue weighted by Crippen LogP contribution is 2.29. The average molecular weight is 287 g/mol. The lowest BCUT2D eigenvalue weighted by Gasteiger charge is -2.19. The monoisotopic (exact) mass is 287 g/mol. The molecule has 0 spiro atoms. The second-order valence-electron chi connectivity index (χ2n) is 6.30. The van der Waals surface area contributed by atoms with E-state index in [0.717, 1.165) is 30.7 Å². The Morgan fingerprint density at radius 3 is 2.57 bits per heavy atom. The van der Waals surface area contributed by atoms with Crippen LogP contribution in [0.1, 0.15) is 64.3 Å². The summed E-state index contributed by atoms with van der Waals surface area (Å²) in [7, 11) is 0. The Labute approximate surface area is 128 Å². The Kier molecular flexibility index (Phi) is 5.86. The van der Waals surface area contributed by atoms with Crippen LogP contribution < -0.4 is 5.32 Å². The number of furan rings is 1. The van der Waals surface area contributed by atoms with E-state index in [2.05, 4.69) is 57.3 Å². The van der Waals surface area contributed by atoms with Crippen LogP contribution in [0.4, 0.5) is 0 Å². The van der Waals surface area contributed by atoms with Crippen LogP contribution in [-0.2, 0) is 6.42 Å². The minimum Gasteiger partial charge on any atom is -0.459 e. The number of benzene rings is 1. The van der Waals surface area contributed by atoms with Crippen molar-refractivity contribution in [2.75, 3.05) is 6.54 Å². The lowest BCUT2D eigenvalue weighted by Crippen LogP contribution is -2.25. The fourth-order valence-electron chi connectivity index (χ4n) is 2.77. The summed E-state index contributed by atoms with van der Waals surface area (Å²) in [4.78, 5) is 0. The average Bonchev–Trinajstić information content (AvgIpc) is 2.87. The van der Waals surface area contributed by atoms with Gasteiger partial charge in [-0.25, -0.2) is 0 Å². The van der Waals surface area contributed by atoms with Gasteiger partial charge in [0.15, 0.2) is 0 Å². The van der Waals surface area contributed by atoms with Crippen molar-refractivity contribution in [1.82, 2.24) is 5.32 Å². The molecule has 0 aliphatic carbocycles. The Balaban J connectivity index is 2.23. The Morgan fingerprint density at radius 2 is 1.90 bits per heavy atom. The first-order valence-corrected chi connectivity index (χ1v) is 8.41. The maximum atomic E-state index is 6.09. The molecule has 1 aromatic heterocycles. The molecule has 1 aromatic carbocycles. The van der Waals surface area contributed by atoms with Gasteiger partial charge in [0.05, 0.1) is 6.04 Å². The standard InChI is InChI=1S/C19H29NO/c1-5-7-8-15-9-10-17-16(12-15)13-18(21-17)19(14(3)4)20-11-6-2/h9-10,12-14,19-20H,5-8,11H2,1-4H3. The molecule has 0 aliphatic rings. The third-order valence-electron chi connectivity index (χ3n) is 4.01. The molecular weight excluding hydrogens is 258 g/mol. The van der Waals surface area contributed by atoms with E-state index < -0.39 is 0 Å². The van der Waals surface area contributed by atoms with Crippen molar-refractivity contribution < 1.29 is 4.42 Å². The molecule has 0 amide bonds. The van der Waals surface area contributed by atoms with Gasteiger partial charge in [-0.1, -0.05) is 40.2 Å². The lowest BCUT2D eigenvalue weighted by molar-refractivity contribution is 0.351. The van der Waals surface area contributed by atoms with Crippen LogP contribution in [0.15, 0.2) is 28.7 Å². The van der Waals surface area contributed by atoms with Crippen LogP contribution in [-0.4, -0.2) is 6.54 Å². The summed E-state index contributed by atoms with van der Waals surface area (Å²) in [6, 6.07) is 9.14. The quantitative estimate of drug-likeness (QED) is 0.696. The van der Waals surface area contributed by atoms with Gasteiger partial charge in [0.2, 0.25) is 0 Å². The molecule has 0 aliphatic heterocycles. The second kappa shape index (κ2) is 7.65. The van der Waals surface area contributed by atoms with Crippen molar-refractivity contribution in [2.24, 2.45) is 5.92 Å². The molecule has 1 atom stereocenters. The zero-order valence-electron chi connectivity index (χ0n) is 13.9. The van der Waals surface area contributed by atoms with E-state index in [0.29, 0.717) is 12.0 Å². The smallest absolute Gasteiger partial charge is 0.134 e. The van der Waals surface area contributed by atoms with Gasteiger partial charge in [0.25, 0.3) is 0 Å². The van der Waals surface area contributed by atoms with Crippen molar-refractivity contribution >= 4 is 11.0 Å². The largest absolute Gasteiger partial charge is 0.459 e. The van der Waals surface area contributed by atoms with Crippen LogP contribution in [0.2, 0.25) is 0 Å². The number of aryl methyl sites for hydroxylation is 1. The first-order chi connectivity index (χ1) is 10.2. The molecule has 21 heavy (non-hydrogen) atoms. The number of fused-ring (bicyclic) bond motifs is 1. The zero-order valence-corrected chi connectivity index (χ0v) is 13.9. The third kappa shape index (κ3) is 4.10. The van der Waals surface area contributed by atoms with Gasteiger partial charge in [-0.2, -0.15) is 0 Å². The summed E-state index contributed by atoms with van der Waals surface area (Å²) in [6.45, 7) is 9.95. The molecule has 1 heterocycles.